The van der Waals surface area contributed by atoms with Crippen LogP contribution in [0.2, 0.25) is 5.02 Å². The van der Waals surface area contributed by atoms with Crippen LogP contribution in [0.25, 0.3) is 5.65 Å². The van der Waals surface area contributed by atoms with Gasteiger partial charge in [-0.25, -0.2) is 4.98 Å². The number of hydrogen-bond donors (Lipinski definition) is 0. The Bertz CT molecular complexity index is 731. The lowest BCUT2D eigenvalue weighted by Crippen LogP contribution is -1.87. The van der Waals surface area contributed by atoms with Gasteiger partial charge in [-0.2, -0.15) is 0 Å². The quantitative estimate of drug-likeness (QED) is 0.684. The average molecular weight is 271 g/mol. The minimum absolute atomic E-state index is 0.635. The Kier molecular flexibility index (Phi) is 3.05. The minimum atomic E-state index is 0.635. The molecular formula is C15H11ClN2O. The van der Waals surface area contributed by atoms with Crippen LogP contribution < -0.4 is 0 Å². The topological polar surface area (TPSA) is 34.4 Å². The Balaban J connectivity index is 1.92. The van der Waals surface area contributed by atoms with Crippen LogP contribution in [-0.4, -0.2) is 15.7 Å². The summed E-state index contributed by atoms with van der Waals surface area (Å²) >= 11 is 5.86. The van der Waals surface area contributed by atoms with Crippen molar-refractivity contribution < 1.29 is 4.79 Å². The molecule has 0 amide bonds. The van der Waals surface area contributed by atoms with Gasteiger partial charge < -0.3 is 4.40 Å². The Morgan fingerprint density at radius 3 is 2.74 bits per heavy atom. The Labute approximate surface area is 115 Å². The van der Waals surface area contributed by atoms with Crippen molar-refractivity contribution in [3.8, 4) is 0 Å². The van der Waals surface area contributed by atoms with E-state index in [1.807, 2.05) is 41.1 Å². The fraction of sp³-hybridized carbons (Fsp3) is 0.0667. The van der Waals surface area contributed by atoms with Crippen molar-refractivity contribution in [3.63, 3.8) is 0 Å². The monoisotopic (exact) mass is 270 g/mol. The number of halogens is 1. The number of carbonyl (C=O) groups excluding carboxylic acids is 1. The number of fused-ring (bicyclic) bond motifs is 1. The molecule has 0 spiro atoms. The van der Waals surface area contributed by atoms with Crippen LogP contribution in [0.3, 0.4) is 0 Å². The van der Waals surface area contributed by atoms with Crippen molar-refractivity contribution in [2.45, 2.75) is 6.42 Å². The van der Waals surface area contributed by atoms with Gasteiger partial charge in [-0.15, -0.1) is 0 Å². The standard InChI is InChI=1S/C15H11ClN2O/c16-13-3-1-11(2-4-13)7-14-9-18-6-5-12(10-19)8-15(18)17-14/h1-6,8-10H,7H2. The molecule has 19 heavy (non-hydrogen) atoms. The third-order valence-corrected chi connectivity index (χ3v) is 3.22. The van der Waals surface area contributed by atoms with Crippen molar-refractivity contribution in [3.05, 3.63) is 70.6 Å². The lowest BCUT2D eigenvalue weighted by atomic mass is 10.1. The van der Waals surface area contributed by atoms with Crippen LogP contribution in [-0.2, 0) is 6.42 Å². The number of carbonyl (C=O) groups is 1. The van der Waals surface area contributed by atoms with Gasteiger partial charge >= 0.3 is 0 Å². The van der Waals surface area contributed by atoms with Crippen LogP contribution in [0.15, 0.2) is 48.8 Å². The zero-order valence-corrected chi connectivity index (χ0v) is 10.8. The van der Waals surface area contributed by atoms with Gasteiger partial charge in [-0.05, 0) is 29.8 Å². The number of aromatic nitrogens is 2. The first-order valence-corrected chi connectivity index (χ1v) is 6.30. The van der Waals surface area contributed by atoms with E-state index < -0.39 is 0 Å². The average Bonchev–Trinajstić information content (AvgIpc) is 2.82. The van der Waals surface area contributed by atoms with E-state index in [0.29, 0.717) is 5.56 Å². The smallest absolute Gasteiger partial charge is 0.150 e. The normalized spacial score (nSPS) is 10.8. The predicted molar refractivity (Wildman–Crippen MR) is 74.8 cm³/mol. The summed E-state index contributed by atoms with van der Waals surface area (Å²) in [6, 6.07) is 11.3. The maximum atomic E-state index is 10.7. The molecular weight excluding hydrogens is 260 g/mol. The third-order valence-electron chi connectivity index (χ3n) is 2.97. The molecule has 0 radical (unpaired) electrons. The maximum absolute atomic E-state index is 10.7. The molecule has 3 rings (SSSR count). The van der Waals surface area contributed by atoms with E-state index >= 15 is 0 Å². The number of nitrogens with zero attached hydrogens (tertiary/aromatic N) is 2. The summed E-state index contributed by atoms with van der Waals surface area (Å²) in [5.74, 6) is 0. The molecule has 3 nitrogen and oxygen atoms in total. The first-order chi connectivity index (χ1) is 9.24. The highest BCUT2D eigenvalue weighted by atomic mass is 35.5. The Hall–Kier alpha value is -2.13. The number of rotatable bonds is 3. The highest BCUT2D eigenvalue weighted by Gasteiger charge is 2.03. The fourth-order valence-electron chi connectivity index (χ4n) is 2.02. The molecule has 0 saturated heterocycles. The van der Waals surface area contributed by atoms with Crippen molar-refractivity contribution in [2.75, 3.05) is 0 Å². The van der Waals surface area contributed by atoms with Crippen LogP contribution >= 0.6 is 11.6 Å². The molecule has 0 N–H and O–H groups in total. The number of imidazole rings is 1. The SMILES string of the molecule is O=Cc1ccn2cc(Cc3ccc(Cl)cc3)nc2c1. The minimum Gasteiger partial charge on any atom is -0.307 e. The second-order valence-electron chi connectivity index (χ2n) is 4.38. The summed E-state index contributed by atoms with van der Waals surface area (Å²) in [4.78, 5) is 15.2. The van der Waals surface area contributed by atoms with Gasteiger partial charge in [0.1, 0.15) is 11.9 Å². The van der Waals surface area contributed by atoms with Crippen molar-refractivity contribution in [1.82, 2.24) is 9.38 Å². The van der Waals surface area contributed by atoms with E-state index in [-0.39, 0.29) is 0 Å². The lowest BCUT2D eigenvalue weighted by Gasteiger charge is -1.97. The zero-order valence-electron chi connectivity index (χ0n) is 10.1. The van der Waals surface area contributed by atoms with Crippen LogP contribution in [0.5, 0.6) is 0 Å². The second kappa shape index (κ2) is 4.86. The first-order valence-electron chi connectivity index (χ1n) is 5.92. The number of pyridine rings is 1. The highest BCUT2D eigenvalue weighted by molar-refractivity contribution is 6.30. The largest absolute Gasteiger partial charge is 0.307 e. The Morgan fingerprint density at radius 2 is 2.00 bits per heavy atom. The molecule has 4 heteroatoms. The van der Waals surface area contributed by atoms with Gasteiger partial charge in [0, 0.05) is 29.4 Å². The second-order valence-corrected chi connectivity index (χ2v) is 4.82. The summed E-state index contributed by atoms with van der Waals surface area (Å²) in [5, 5.41) is 0.731. The van der Waals surface area contributed by atoms with Crippen molar-refractivity contribution in [2.24, 2.45) is 0 Å². The number of aldehydes is 1. The summed E-state index contributed by atoms with van der Waals surface area (Å²) in [7, 11) is 0. The molecule has 0 aliphatic carbocycles. The molecule has 0 atom stereocenters. The van der Waals surface area contributed by atoms with Crippen LogP contribution in [0, 0.1) is 0 Å². The Morgan fingerprint density at radius 1 is 1.21 bits per heavy atom. The van der Waals surface area contributed by atoms with Gasteiger partial charge in [0.2, 0.25) is 0 Å². The van der Waals surface area contributed by atoms with Gasteiger partial charge in [-0.1, -0.05) is 23.7 Å². The van der Waals surface area contributed by atoms with E-state index in [1.54, 1.807) is 12.1 Å². The van der Waals surface area contributed by atoms with Gasteiger partial charge in [0.25, 0.3) is 0 Å². The maximum Gasteiger partial charge on any atom is 0.150 e. The molecule has 1 aromatic carbocycles. The molecule has 0 unspecified atom stereocenters. The van der Waals surface area contributed by atoms with Crippen molar-refractivity contribution in [1.29, 1.82) is 0 Å². The van der Waals surface area contributed by atoms with Crippen molar-refractivity contribution >= 4 is 23.5 Å². The first kappa shape index (κ1) is 11.9. The number of hydrogen-bond acceptors (Lipinski definition) is 2. The van der Waals surface area contributed by atoms with Gasteiger partial charge in [-0.3, -0.25) is 4.79 Å². The van der Waals surface area contributed by atoms with E-state index in [2.05, 4.69) is 4.98 Å². The van der Waals surface area contributed by atoms with Crippen LogP contribution in [0.4, 0.5) is 0 Å². The molecule has 0 aliphatic rings. The lowest BCUT2D eigenvalue weighted by molar-refractivity contribution is 0.112. The molecule has 2 heterocycles. The molecule has 0 bridgehead atoms. The molecule has 0 aliphatic heterocycles. The molecule has 2 aromatic heterocycles. The fourth-order valence-corrected chi connectivity index (χ4v) is 2.15. The summed E-state index contributed by atoms with van der Waals surface area (Å²) in [6.07, 6.45) is 5.39. The third kappa shape index (κ3) is 2.51. The van der Waals surface area contributed by atoms with Crippen LogP contribution in [0.1, 0.15) is 21.6 Å². The van der Waals surface area contributed by atoms with E-state index in [1.165, 1.54) is 0 Å². The summed E-state index contributed by atoms with van der Waals surface area (Å²) < 4.78 is 1.91. The van der Waals surface area contributed by atoms with Gasteiger partial charge in [0.15, 0.2) is 0 Å². The van der Waals surface area contributed by atoms with Gasteiger partial charge in [0.05, 0.1) is 5.69 Å². The van der Waals surface area contributed by atoms with E-state index in [9.17, 15) is 4.79 Å². The summed E-state index contributed by atoms with van der Waals surface area (Å²) in [5.41, 5.74) is 3.54. The number of benzene rings is 1. The van der Waals surface area contributed by atoms with E-state index in [0.717, 1.165) is 34.6 Å². The summed E-state index contributed by atoms with van der Waals surface area (Å²) in [6.45, 7) is 0. The molecule has 0 fully saturated rings. The molecule has 94 valence electrons. The molecule has 3 aromatic rings. The highest BCUT2D eigenvalue weighted by Crippen LogP contribution is 2.14. The predicted octanol–water partition coefficient (Wildman–Crippen LogP) is 3.39. The van der Waals surface area contributed by atoms with E-state index in [4.69, 9.17) is 11.6 Å². The zero-order chi connectivity index (χ0) is 13.2. The molecule has 0 saturated carbocycles.